The fourth-order valence-electron chi connectivity index (χ4n) is 2.14. The third-order valence-electron chi connectivity index (χ3n) is 3.42. The highest BCUT2D eigenvalue weighted by molar-refractivity contribution is 5.92. The van der Waals surface area contributed by atoms with Crippen molar-refractivity contribution in [1.82, 2.24) is 0 Å². The molecule has 5 heteroatoms. The van der Waals surface area contributed by atoms with Gasteiger partial charge in [0.05, 0.1) is 18.4 Å². The van der Waals surface area contributed by atoms with E-state index >= 15 is 0 Å². The minimum absolute atomic E-state index is 0.0879. The molecular formula is C17H22N2O3. The fraction of sp³-hybridized carbons (Fsp3) is 0.471. The van der Waals surface area contributed by atoms with Gasteiger partial charge in [-0.2, -0.15) is 5.26 Å². The first-order valence-corrected chi connectivity index (χ1v) is 7.45. The van der Waals surface area contributed by atoms with E-state index in [0.717, 1.165) is 31.2 Å². The van der Waals surface area contributed by atoms with Crippen molar-refractivity contribution >= 4 is 17.6 Å². The molecule has 0 spiro atoms. The van der Waals surface area contributed by atoms with Crippen LogP contribution in [0.2, 0.25) is 0 Å². The van der Waals surface area contributed by atoms with E-state index in [4.69, 9.17) is 5.26 Å². The molecule has 0 atom stereocenters. The van der Waals surface area contributed by atoms with E-state index in [1.165, 1.54) is 7.11 Å². The number of benzene rings is 1. The molecule has 1 amide bonds. The monoisotopic (exact) mass is 302 g/mol. The molecule has 0 aliphatic rings. The van der Waals surface area contributed by atoms with Crippen LogP contribution in [-0.2, 0) is 14.3 Å². The summed E-state index contributed by atoms with van der Waals surface area (Å²) in [6, 6.07) is 7.51. The molecule has 0 aliphatic heterocycles. The topological polar surface area (TPSA) is 79.2 Å². The molecule has 0 aliphatic carbocycles. The number of nitrogens with one attached hydrogen (secondary N) is 1. The van der Waals surface area contributed by atoms with Gasteiger partial charge in [0.1, 0.15) is 6.07 Å². The maximum atomic E-state index is 11.9. The molecule has 0 unspecified atom stereocenters. The Morgan fingerprint density at radius 1 is 1.18 bits per heavy atom. The number of unbranched alkanes of at least 4 members (excludes halogenated alkanes) is 3. The van der Waals surface area contributed by atoms with Crippen LogP contribution in [0, 0.1) is 18.3 Å². The summed E-state index contributed by atoms with van der Waals surface area (Å²) in [5.41, 5.74) is 1.93. The quantitative estimate of drug-likeness (QED) is 0.590. The Bertz CT molecular complexity index is 562. The van der Waals surface area contributed by atoms with Gasteiger partial charge in [0.2, 0.25) is 5.91 Å². The molecule has 0 heterocycles. The highest BCUT2D eigenvalue weighted by Gasteiger charge is 2.08. The van der Waals surface area contributed by atoms with Crippen LogP contribution in [0.3, 0.4) is 0 Å². The maximum absolute atomic E-state index is 11.9. The summed E-state index contributed by atoms with van der Waals surface area (Å²) in [4.78, 5) is 22.8. The van der Waals surface area contributed by atoms with Crippen molar-refractivity contribution in [1.29, 1.82) is 5.26 Å². The summed E-state index contributed by atoms with van der Waals surface area (Å²) >= 11 is 0. The highest BCUT2D eigenvalue weighted by Crippen LogP contribution is 2.18. The fourth-order valence-corrected chi connectivity index (χ4v) is 2.14. The second-order valence-corrected chi connectivity index (χ2v) is 5.15. The Morgan fingerprint density at radius 2 is 1.86 bits per heavy atom. The number of ether oxygens (including phenoxy) is 1. The molecule has 118 valence electrons. The Labute approximate surface area is 131 Å². The smallest absolute Gasteiger partial charge is 0.305 e. The molecule has 1 rings (SSSR count). The van der Waals surface area contributed by atoms with Crippen LogP contribution in [-0.4, -0.2) is 19.0 Å². The number of carbonyl (C=O) groups is 2. The zero-order chi connectivity index (χ0) is 16.4. The summed E-state index contributed by atoms with van der Waals surface area (Å²) < 4.78 is 4.56. The Hall–Kier alpha value is -2.35. The van der Waals surface area contributed by atoms with Crippen molar-refractivity contribution in [3.63, 3.8) is 0 Å². The third kappa shape index (κ3) is 5.96. The zero-order valence-electron chi connectivity index (χ0n) is 13.1. The molecule has 1 aromatic carbocycles. The summed E-state index contributed by atoms with van der Waals surface area (Å²) in [5.74, 6) is -0.281. The average Bonchev–Trinajstić information content (AvgIpc) is 2.50. The SMILES string of the molecule is COC(=O)CCCCCCC(=O)Nc1cccc(C)c1C#N. The van der Waals surface area contributed by atoms with Crippen LogP contribution in [0.4, 0.5) is 5.69 Å². The average molecular weight is 302 g/mol. The van der Waals surface area contributed by atoms with Crippen molar-refractivity contribution in [2.75, 3.05) is 12.4 Å². The van der Waals surface area contributed by atoms with Crippen LogP contribution >= 0.6 is 0 Å². The number of methoxy groups -OCH3 is 1. The first-order valence-electron chi connectivity index (χ1n) is 7.45. The number of nitriles is 1. The highest BCUT2D eigenvalue weighted by atomic mass is 16.5. The Kier molecular flexibility index (Phi) is 7.69. The first-order chi connectivity index (χ1) is 10.6. The van der Waals surface area contributed by atoms with E-state index in [-0.39, 0.29) is 11.9 Å². The number of amides is 1. The van der Waals surface area contributed by atoms with Gasteiger partial charge in [-0.1, -0.05) is 25.0 Å². The van der Waals surface area contributed by atoms with Gasteiger partial charge in [-0.25, -0.2) is 0 Å². The number of nitrogens with zero attached hydrogens (tertiary/aromatic N) is 1. The molecule has 0 fully saturated rings. The van der Waals surface area contributed by atoms with E-state index in [9.17, 15) is 9.59 Å². The normalized spacial score (nSPS) is 9.86. The second kappa shape index (κ2) is 9.56. The van der Waals surface area contributed by atoms with Crippen LogP contribution in [0.15, 0.2) is 18.2 Å². The standard InChI is InChI=1S/C17H22N2O3/c1-13-8-7-9-15(14(13)12-18)19-16(20)10-5-3-4-6-11-17(21)22-2/h7-9H,3-6,10-11H2,1-2H3,(H,19,20). The van der Waals surface area contributed by atoms with E-state index in [2.05, 4.69) is 16.1 Å². The van der Waals surface area contributed by atoms with Gasteiger partial charge >= 0.3 is 5.97 Å². The lowest BCUT2D eigenvalue weighted by molar-refractivity contribution is -0.140. The van der Waals surface area contributed by atoms with Crippen molar-refractivity contribution < 1.29 is 14.3 Å². The van der Waals surface area contributed by atoms with Gasteiger partial charge in [-0.15, -0.1) is 0 Å². The van der Waals surface area contributed by atoms with E-state index in [1.54, 1.807) is 6.07 Å². The molecule has 0 aromatic heterocycles. The summed E-state index contributed by atoms with van der Waals surface area (Å²) in [6.07, 6.45) is 4.18. The predicted octanol–water partition coefficient (Wildman–Crippen LogP) is 3.32. The molecular weight excluding hydrogens is 280 g/mol. The van der Waals surface area contributed by atoms with Gasteiger partial charge in [0, 0.05) is 12.8 Å². The molecule has 0 saturated carbocycles. The molecule has 0 radical (unpaired) electrons. The largest absolute Gasteiger partial charge is 0.469 e. The Morgan fingerprint density at radius 3 is 2.50 bits per heavy atom. The number of anilines is 1. The van der Waals surface area contributed by atoms with Crippen LogP contribution in [0.25, 0.3) is 0 Å². The van der Waals surface area contributed by atoms with E-state index in [1.807, 2.05) is 19.1 Å². The van der Waals surface area contributed by atoms with Gasteiger partial charge in [0.25, 0.3) is 0 Å². The lowest BCUT2D eigenvalue weighted by atomic mass is 10.1. The number of hydrogen-bond acceptors (Lipinski definition) is 4. The summed E-state index contributed by atoms with van der Waals surface area (Å²) in [7, 11) is 1.38. The third-order valence-corrected chi connectivity index (χ3v) is 3.42. The number of carbonyl (C=O) groups excluding carboxylic acids is 2. The van der Waals surface area contributed by atoms with Crippen LogP contribution in [0.1, 0.15) is 49.7 Å². The minimum Gasteiger partial charge on any atom is -0.469 e. The number of aryl methyl sites for hydroxylation is 1. The van der Waals surface area contributed by atoms with Crippen molar-refractivity contribution in [2.45, 2.75) is 45.4 Å². The lowest BCUT2D eigenvalue weighted by Crippen LogP contribution is -2.12. The van der Waals surface area contributed by atoms with Crippen molar-refractivity contribution in [3.05, 3.63) is 29.3 Å². The molecule has 22 heavy (non-hydrogen) atoms. The lowest BCUT2D eigenvalue weighted by Gasteiger charge is -2.08. The van der Waals surface area contributed by atoms with E-state index < -0.39 is 0 Å². The van der Waals surface area contributed by atoms with E-state index in [0.29, 0.717) is 24.1 Å². The maximum Gasteiger partial charge on any atom is 0.305 e. The molecule has 5 nitrogen and oxygen atoms in total. The first kappa shape index (κ1) is 17.7. The number of rotatable bonds is 8. The minimum atomic E-state index is -0.193. The number of hydrogen-bond donors (Lipinski definition) is 1. The Balaban J connectivity index is 2.29. The van der Waals surface area contributed by atoms with Crippen molar-refractivity contribution in [2.24, 2.45) is 0 Å². The molecule has 0 saturated heterocycles. The predicted molar refractivity (Wildman–Crippen MR) is 84.2 cm³/mol. The van der Waals surface area contributed by atoms with Crippen molar-refractivity contribution in [3.8, 4) is 6.07 Å². The molecule has 1 N–H and O–H groups in total. The van der Waals surface area contributed by atoms with Crippen LogP contribution < -0.4 is 5.32 Å². The van der Waals surface area contributed by atoms with Gasteiger partial charge in [-0.3, -0.25) is 9.59 Å². The summed E-state index contributed by atoms with van der Waals surface area (Å²) in [6.45, 7) is 1.84. The molecule has 1 aromatic rings. The molecule has 0 bridgehead atoms. The zero-order valence-corrected chi connectivity index (χ0v) is 13.1. The van der Waals surface area contributed by atoms with Crippen LogP contribution in [0.5, 0.6) is 0 Å². The number of esters is 1. The summed E-state index contributed by atoms with van der Waals surface area (Å²) in [5, 5.41) is 11.9. The van der Waals surface area contributed by atoms with Gasteiger partial charge in [-0.05, 0) is 31.4 Å². The van der Waals surface area contributed by atoms with Gasteiger partial charge < -0.3 is 10.1 Å². The van der Waals surface area contributed by atoms with Gasteiger partial charge in [0.15, 0.2) is 0 Å². The second-order valence-electron chi connectivity index (χ2n) is 5.15.